The van der Waals surface area contributed by atoms with Crippen molar-refractivity contribution in [3.8, 4) is 5.75 Å². The van der Waals surface area contributed by atoms with Crippen LogP contribution in [0, 0.1) is 11.6 Å². The third kappa shape index (κ3) is 5.62. The molecule has 0 saturated carbocycles. The highest BCUT2D eigenvalue weighted by molar-refractivity contribution is 6.07. The molecule has 186 valence electrons. The maximum atomic E-state index is 13.5. The van der Waals surface area contributed by atoms with Gasteiger partial charge in [-0.25, -0.2) is 18.7 Å². The van der Waals surface area contributed by atoms with E-state index in [0.717, 1.165) is 18.2 Å². The summed E-state index contributed by atoms with van der Waals surface area (Å²) in [6, 6.07) is 9.36. The molecule has 2 heterocycles. The number of nitrogens with one attached hydrogen (secondary N) is 2. The monoisotopic (exact) mass is 495 g/mol. The number of rotatable bonds is 6. The van der Waals surface area contributed by atoms with Gasteiger partial charge in [0.1, 0.15) is 5.75 Å². The van der Waals surface area contributed by atoms with Gasteiger partial charge in [-0.05, 0) is 55.3 Å². The summed E-state index contributed by atoms with van der Waals surface area (Å²) in [5.74, 6) is -3.12. The van der Waals surface area contributed by atoms with Gasteiger partial charge in [0.25, 0.3) is 17.7 Å². The lowest BCUT2D eigenvalue weighted by atomic mass is 10.0. The van der Waals surface area contributed by atoms with Gasteiger partial charge in [-0.1, -0.05) is 0 Å². The lowest BCUT2D eigenvalue weighted by Crippen LogP contribution is -2.46. The van der Waals surface area contributed by atoms with Crippen molar-refractivity contribution in [1.29, 1.82) is 0 Å². The first-order valence-corrected chi connectivity index (χ1v) is 11.2. The third-order valence-corrected chi connectivity index (χ3v) is 5.78. The van der Waals surface area contributed by atoms with Gasteiger partial charge in [0, 0.05) is 42.7 Å². The number of amides is 3. The van der Waals surface area contributed by atoms with Crippen molar-refractivity contribution in [2.45, 2.75) is 18.9 Å². The van der Waals surface area contributed by atoms with Crippen LogP contribution in [0.2, 0.25) is 0 Å². The molecule has 3 aromatic rings. The van der Waals surface area contributed by atoms with E-state index in [4.69, 9.17) is 4.74 Å². The standard InChI is InChI=1S/C25H23F2N5O4/c1-36-18-5-2-15(3-6-18)25(35)32-12-8-17(9-13-32)30-24(34)21-22(29-11-10-28-21)31-23(33)16-4-7-19(26)20(27)14-16/h2-7,10-11,14,17H,8-9,12-13H2,1H3,(H,30,34)(H,29,31,33). The Balaban J connectivity index is 1.35. The molecule has 0 bridgehead atoms. The van der Waals surface area contributed by atoms with Crippen molar-refractivity contribution in [2.24, 2.45) is 0 Å². The number of carbonyl (C=O) groups excluding carboxylic acids is 3. The Kier molecular flexibility index (Phi) is 7.47. The van der Waals surface area contributed by atoms with E-state index >= 15 is 0 Å². The first-order chi connectivity index (χ1) is 17.4. The van der Waals surface area contributed by atoms with Crippen LogP contribution in [-0.4, -0.2) is 58.8 Å². The van der Waals surface area contributed by atoms with Crippen LogP contribution in [-0.2, 0) is 0 Å². The molecule has 0 atom stereocenters. The molecule has 0 aliphatic carbocycles. The molecule has 3 amide bonds. The first kappa shape index (κ1) is 24.7. The second-order valence-electron chi connectivity index (χ2n) is 8.11. The molecular formula is C25H23F2N5O4. The van der Waals surface area contributed by atoms with Crippen molar-refractivity contribution in [2.75, 3.05) is 25.5 Å². The van der Waals surface area contributed by atoms with Crippen molar-refractivity contribution in [3.63, 3.8) is 0 Å². The van der Waals surface area contributed by atoms with E-state index in [-0.39, 0.29) is 29.0 Å². The summed E-state index contributed by atoms with van der Waals surface area (Å²) in [6.07, 6.45) is 3.66. The number of methoxy groups -OCH3 is 1. The van der Waals surface area contributed by atoms with Crippen LogP contribution < -0.4 is 15.4 Å². The van der Waals surface area contributed by atoms with Crippen LogP contribution >= 0.6 is 0 Å². The number of halogens is 2. The zero-order chi connectivity index (χ0) is 25.7. The molecule has 0 radical (unpaired) electrons. The van der Waals surface area contributed by atoms with Crippen molar-refractivity contribution >= 4 is 23.5 Å². The summed E-state index contributed by atoms with van der Waals surface area (Å²) in [6.45, 7) is 0.909. The van der Waals surface area contributed by atoms with Crippen LogP contribution in [0.1, 0.15) is 44.0 Å². The maximum absolute atomic E-state index is 13.5. The predicted molar refractivity (Wildman–Crippen MR) is 126 cm³/mol. The quantitative estimate of drug-likeness (QED) is 0.544. The lowest BCUT2D eigenvalue weighted by Gasteiger charge is -2.32. The Morgan fingerprint density at radius 3 is 2.25 bits per heavy atom. The second kappa shape index (κ2) is 10.9. The number of aromatic nitrogens is 2. The van der Waals surface area contributed by atoms with E-state index in [1.54, 1.807) is 36.3 Å². The van der Waals surface area contributed by atoms with E-state index in [0.29, 0.717) is 37.2 Å². The lowest BCUT2D eigenvalue weighted by molar-refractivity contribution is 0.0697. The highest BCUT2D eigenvalue weighted by atomic mass is 19.2. The number of nitrogens with zero attached hydrogens (tertiary/aromatic N) is 3. The van der Waals surface area contributed by atoms with E-state index < -0.39 is 23.4 Å². The minimum Gasteiger partial charge on any atom is -0.497 e. The summed E-state index contributed by atoms with van der Waals surface area (Å²) in [5.41, 5.74) is 0.296. The summed E-state index contributed by atoms with van der Waals surface area (Å²) in [7, 11) is 1.56. The Labute approximate surface area is 205 Å². The Morgan fingerprint density at radius 1 is 0.917 bits per heavy atom. The van der Waals surface area contributed by atoms with Gasteiger partial charge in [0.2, 0.25) is 0 Å². The number of hydrogen-bond acceptors (Lipinski definition) is 6. The number of hydrogen-bond donors (Lipinski definition) is 2. The molecule has 2 aromatic carbocycles. The number of carbonyl (C=O) groups is 3. The van der Waals surface area contributed by atoms with Crippen LogP contribution in [0.15, 0.2) is 54.9 Å². The molecule has 1 aliphatic rings. The van der Waals surface area contributed by atoms with Crippen molar-refractivity contribution in [3.05, 3.63) is 83.3 Å². The maximum Gasteiger partial charge on any atom is 0.273 e. The Bertz CT molecular complexity index is 1280. The SMILES string of the molecule is COc1ccc(C(=O)N2CCC(NC(=O)c3nccnc3NC(=O)c3ccc(F)c(F)c3)CC2)cc1. The fraction of sp³-hybridized carbons (Fsp3) is 0.240. The largest absolute Gasteiger partial charge is 0.497 e. The van der Waals surface area contributed by atoms with E-state index in [1.807, 2.05) is 0 Å². The number of likely N-dealkylation sites (tertiary alicyclic amines) is 1. The number of anilines is 1. The molecule has 1 fully saturated rings. The average Bonchev–Trinajstić information content (AvgIpc) is 2.90. The normalized spacial score (nSPS) is 13.7. The molecule has 11 heteroatoms. The Morgan fingerprint density at radius 2 is 1.58 bits per heavy atom. The van der Waals surface area contributed by atoms with E-state index in [2.05, 4.69) is 20.6 Å². The molecule has 2 N–H and O–H groups in total. The van der Waals surface area contributed by atoms with Gasteiger partial charge < -0.3 is 20.3 Å². The van der Waals surface area contributed by atoms with Gasteiger partial charge >= 0.3 is 0 Å². The van der Waals surface area contributed by atoms with Crippen LogP contribution in [0.3, 0.4) is 0 Å². The molecule has 1 saturated heterocycles. The summed E-state index contributed by atoms with van der Waals surface area (Å²) in [4.78, 5) is 47.8. The smallest absolute Gasteiger partial charge is 0.273 e. The first-order valence-electron chi connectivity index (χ1n) is 11.2. The topological polar surface area (TPSA) is 114 Å². The van der Waals surface area contributed by atoms with Crippen molar-refractivity contribution in [1.82, 2.24) is 20.2 Å². The third-order valence-electron chi connectivity index (χ3n) is 5.78. The molecule has 9 nitrogen and oxygen atoms in total. The minimum atomic E-state index is -1.17. The molecule has 4 rings (SSSR count). The van der Waals surface area contributed by atoms with Gasteiger partial charge in [-0.15, -0.1) is 0 Å². The zero-order valence-corrected chi connectivity index (χ0v) is 19.3. The van der Waals surface area contributed by atoms with Gasteiger partial charge in [0.15, 0.2) is 23.1 Å². The fourth-order valence-electron chi connectivity index (χ4n) is 3.81. The van der Waals surface area contributed by atoms with Gasteiger partial charge in [0.05, 0.1) is 7.11 Å². The molecular weight excluding hydrogens is 472 g/mol. The predicted octanol–water partition coefficient (Wildman–Crippen LogP) is 3.05. The average molecular weight is 495 g/mol. The fourth-order valence-corrected chi connectivity index (χ4v) is 3.81. The van der Waals surface area contributed by atoms with Crippen LogP contribution in [0.25, 0.3) is 0 Å². The van der Waals surface area contributed by atoms with Crippen LogP contribution in [0.4, 0.5) is 14.6 Å². The van der Waals surface area contributed by atoms with E-state index in [9.17, 15) is 23.2 Å². The minimum absolute atomic E-state index is 0.0985. The highest BCUT2D eigenvalue weighted by Crippen LogP contribution is 2.18. The van der Waals surface area contributed by atoms with Gasteiger partial charge in [-0.3, -0.25) is 14.4 Å². The molecule has 0 spiro atoms. The number of ether oxygens (including phenoxy) is 1. The summed E-state index contributed by atoms with van der Waals surface area (Å²) < 4.78 is 31.7. The molecule has 36 heavy (non-hydrogen) atoms. The molecule has 1 aromatic heterocycles. The molecule has 1 aliphatic heterocycles. The second-order valence-corrected chi connectivity index (χ2v) is 8.11. The number of benzene rings is 2. The van der Waals surface area contributed by atoms with Crippen molar-refractivity contribution < 1.29 is 27.9 Å². The summed E-state index contributed by atoms with van der Waals surface area (Å²) in [5, 5.41) is 5.28. The van der Waals surface area contributed by atoms with Gasteiger partial charge in [-0.2, -0.15) is 0 Å². The Hall–Kier alpha value is -4.41. The number of piperidine rings is 1. The zero-order valence-electron chi connectivity index (χ0n) is 19.3. The van der Waals surface area contributed by atoms with Crippen LogP contribution in [0.5, 0.6) is 5.75 Å². The highest BCUT2D eigenvalue weighted by Gasteiger charge is 2.26. The summed E-state index contributed by atoms with van der Waals surface area (Å²) >= 11 is 0. The van der Waals surface area contributed by atoms with E-state index in [1.165, 1.54) is 12.4 Å². The molecule has 0 unspecified atom stereocenters.